The predicted molar refractivity (Wildman–Crippen MR) is 86.5 cm³/mol. The van der Waals surface area contributed by atoms with Gasteiger partial charge in [0.1, 0.15) is 17.2 Å². The average Bonchev–Trinajstić information content (AvgIpc) is 3.00. The number of rotatable bonds is 5. The summed E-state index contributed by atoms with van der Waals surface area (Å²) in [5, 5.41) is 13.0. The van der Waals surface area contributed by atoms with Gasteiger partial charge >= 0.3 is 0 Å². The molecular weight excluding hydrogens is 338 g/mol. The molecule has 7 nitrogen and oxygen atoms in total. The quantitative estimate of drug-likeness (QED) is 0.770. The van der Waals surface area contributed by atoms with Crippen LogP contribution in [-0.4, -0.2) is 56.6 Å². The van der Waals surface area contributed by atoms with Crippen LogP contribution >= 0.6 is 22.9 Å². The summed E-state index contributed by atoms with van der Waals surface area (Å²) < 4.78 is 0. The van der Waals surface area contributed by atoms with Gasteiger partial charge in [0, 0.05) is 43.5 Å². The van der Waals surface area contributed by atoms with Crippen molar-refractivity contribution >= 4 is 28.8 Å². The van der Waals surface area contributed by atoms with Gasteiger partial charge in [0.25, 0.3) is 5.91 Å². The number of thiazole rings is 1. The minimum absolute atomic E-state index is 0.159. The molecule has 3 heterocycles. The molecule has 1 aliphatic heterocycles. The highest BCUT2D eigenvalue weighted by Gasteiger charge is 2.21. The second kappa shape index (κ2) is 7.31. The molecule has 9 heteroatoms. The first-order valence-electron chi connectivity index (χ1n) is 7.19. The molecule has 0 saturated heterocycles. The summed E-state index contributed by atoms with van der Waals surface area (Å²) in [6, 6.07) is 1.39. The molecular formula is C14H16ClN5O2S. The van der Waals surface area contributed by atoms with Crippen molar-refractivity contribution < 1.29 is 9.90 Å². The fourth-order valence-electron chi connectivity index (χ4n) is 2.45. The van der Waals surface area contributed by atoms with Gasteiger partial charge < -0.3 is 10.4 Å². The van der Waals surface area contributed by atoms with Crippen LogP contribution in [0.25, 0.3) is 0 Å². The number of β-amino-alcohol motifs (C(OH)–C–C–N with tert-alkyl or cyclic N) is 1. The van der Waals surface area contributed by atoms with Gasteiger partial charge in [-0.3, -0.25) is 9.69 Å². The summed E-state index contributed by atoms with van der Waals surface area (Å²) in [5.41, 5.74) is 3.21. The van der Waals surface area contributed by atoms with Crippen molar-refractivity contribution in [2.45, 2.75) is 19.1 Å². The van der Waals surface area contributed by atoms with E-state index in [0.29, 0.717) is 6.54 Å². The molecule has 0 saturated carbocycles. The summed E-state index contributed by atoms with van der Waals surface area (Å²) in [6.07, 6.45) is 1.48. The van der Waals surface area contributed by atoms with Crippen molar-refractivity contribution in [2.24, 2.45) is 0 Å². The zero-order chi connectivity index (χ0) is 16.2. The Balaban J connectivity index is 1.47. The average molecular weight is 354 g/mol. The maximum absolute atomic E-state index is 11.9. The molecule has 0 bridgehead atoms. The standard InChI is InChI=1S/C14H16ClN5O2S/c15-13-3-11(17-7-18-13)14(22)16-4-9(21)5-20-2-1-10-12(6-20)23-8-19-10/h3,7-9,21H,1-2,4-6H2,(H,16,22). The number of aliphatic hydroxyl groups is 1. The molecule has 0 aliphatic carbocycles. The van der Waals surface area contributed by atoms with Gasteiger partial charge in [-0.2, -0.15) is 0 Å². The third kappa shape index (κ3) is 4.23. The van der Waals surface area contributed by atoms with Crippen LogP contribution in [0.15, 0.2) is 17.9 Å². The molecule has 2 aromatic rings. The fourth-order valence-corrected chi connectivity index (χ4v) is 3.45. The molecule has 2 aromatic heterocycles. The van der Waals surface area contributed by atoms with E-state index in [4.69, 9.17) is 11.6 Å². The maximum Gasteiger partial charge on any atom is 0.270 e. The largest absolute Gasteiger partial charge is 0.390 e. The van der Waals surface area contributed by atoms with E-state index in [1.165, 1.54) is 17.3 Å². The van der Waals surface area contributed by atoms with Crippen LogP contribution < -0.4 is 5.32 Å². The summed E-state index contributed by atoms with van der Waals surface area (Å²) >= 11 is 7.36. The minimum atomic E-state index is -0.647. The van der Waals surface area contributed by atoms with Crippen LogP contribution in [-0.2, 0) is 13.0 Å². The highest BCUT2D eigenvalue weighted by molar-refractivity contribution is 7.09. The number of carbonyl (C=O) groups is 1. The number of aromatic nitrogens is 3. The zero-order valence-corrected chi connectivity index (χ0v) is 13.8. The first-order chi connectivity index (χ1) is 11.1. The number of nitrogens with zero attached hydrogens (tertiary/aromatic N) is 4. The Morgan fingerprint density at radius 2 is 2.35 bits per heavy atom. The van der Waals surface area contributed by atoms with E-state index >= 15 is 0 Å². The molecule has 3 rings (SSSR count). The van der Waals surface area contributed by atoms with Crippen molar-refractivity contribution in [3.63, 3.8) is 0 Å². The van der Waals surface area contributed by atoms with Gasteiger partial charge in [-0.05, 0) is 0 Å². The van der Waals surface area contributed by atoms with Crippen LogP contribution in [0.4, 0.5) is 0 Å². The van der Waals surface area contributed by atoms with Gasteiger partial charge in [0.05, 0.1) is 17.3 Å². The number of fused-ring (bicyclic) bond motifs is 1. The van der Waals surface area contributed by atoms with E-state index in [-0.39, 0.29) is 23.3 Å². The Kier molecular flexibility index (Phi) is 5.16. The smallest absolute Gasteiger partial charge is 0.270 e. The fraction of sp³-hybridized carbons (Fsp3) is 0.429. The molecule has 1 unspecified atom stereocenters. The molecule has 1 amide bonds. The number of aliphatic hydroxyl groups excluding tert-OH is 1. The lowest BCUT2D eigenvalue weighted by molar-refractivity contribution is 0.0839. The van der Waals surface area contributed by atoms with Gasteiger partial charge in [0.2, 0.25) is 0 Å². The SMILES string of the molecule is O=C(NCC(O)CN1CCc2ncsc2C1)c1cc(Cl)ncn1. The number of hydrogen-bond acceptors (Lipinski definition) is 7. The highest BCUT2D eigenvalue weighted by atomic mass is 35.5. The van der Waals surface area contributed by atoms with Crippen molar-refractivity contribution in [1.29, 1.82) is 0 Å². The van der Waals surface area contributed by atoms with Gasteiger partial charge in [-0.15, -0.1) is 11.3 Å². The summed E-state index contributed by atoms with van der Waals surface area (Å²) in [6.45, 7) is 2.32. The Hall–Kier alpha value is -1.61. The molecule has 122 valence electrons. The monoisotopic (exact) mass is 353 g/mol. The Morgan fingerprint density at radius 1 is 1.48 bits per heavy atom. The normalized spacial score (nSPS) is 15.9. The maximum atomic E-state index is 11.9. The van der Waals surface area contributed by atoms with E-state index < -0.39 is 6.10 Å². The van der Waals surface area contributed by atoms with E-state index in [2.05, 4.69) is 25.2 Å². The third-order valence-corrected chi connectivity index (χ3v) is 4.66. The minimum Gasteiger partial charge on any atom is -0.390 e. The highest BCUT2D eigenvalue weighted by Crippen LogP contribution is 2.21. The first kappa shape index (κ1) is 16.3. The lowest BCUT2D eigenvalue weighted by Gasteiger charge is -2.28. The zero-order valence-electron chi connectivity index (χ0n) is 12.3. The van der Waals surface area contributed by atoms with Crippen molar-refractivity contribution in [3.8, 4) is 0 Å². The van der Waals surface area contributed by atoms with E-state index in [1.54, 1.807) is 11.3 Å². The topological polar surface area (TPSA) is 91.2 Å². The van der Waals surface area contributed by atoms with Crippen molar-refractivity contribution in [3.05, 3.63) is 39.3 Å². The lowest BCUT2D eigenvalue weighted by Crippen LogP contribution is -2.42. The molecule has 2 N–H and O–H groups in total. The lowest BCUT2D eigenvalue weighted by atomic mass is 10.1. The predicted octanol–water partition coefficient (Wildman–Crippen LogP) is 0.735. The van der Waals surface area contributed by atoms with E-state index in [0.717, 1.165) is 25.2 Å². The molecule has 0 radical (unpaired) electrons. The van der Waals surface area contributed by atoms with Crippen LogP contribution in [0.2, 0.25) is 5.15 Å². The van der Waals surface area contributed by atoms with Crippen LogP contribution in [0.1, 0.15) is 21.1 Å². The van der Waals surface area contributed by atoms with Gasteiger partial charge in [0.15, 0.2) is 0 Å². The molecule has 0 aromatic carbocycles. The molecule has 23 heavy (non-hydrogen) atoms. The van der Waals surface area contributed by atoms with Crippen LogP contribution in [0.5, 0.6) is 0 Å². The second-order valence-electron chi connectivity index (χ2n) is 5.30. The first-order valence-corrected chi connectivity index (χ1v) is 8.45. The van der Waals surface area contributed by atoms with Crippen molar-refractivity contribution in [1.82, 2.24) is 25.2 Å². The Bertz CT molecular complexity index is 695. The van der Waals surface area contributed by atoms with Crippen molar-refractivity contribution in [2.75, 3.05) is 19.6 Å². The molecule has 1 atom stereocenters. The summed E-state index contributed by atoms with van der Waals surface area (Å²) in [7, 11) is 0. The van der Waals surface area contributed by atoms with Crippen LogP contribution in [0.3, 0.4) is 0 Å². The molecule has 1 aliphatic rings. The summed E-state index contributed by atoms with van der Waals surface area (Å²) in [5.74, 6) is -0.378. The van der Waals surface area contributed by atoms with Gasteiger partial charge in [-0.1, -0.05) is 11.6 Å². The van der Waals surface area contributed by atoms with Gasteiger partial charge in [-0.25, -0.2) is 15.0 Å². The van der Waals surface area contributed by atoms with Crippen LogP contribution in [0, 0.1) is 0 Å². The molecule has 0 spiro atoms. The molecule has 0 fully saturated rings. The summed E-state index contributed by atoms with van der Waals surface area (Å²) in [4.78, 5) is 27.2. The Labute approximate surface area is 142 Å². The number of hydrogen-bond donors (Lipinski definition) is 2. The number of halogens is 1. The third-order valence-electron chi connectivity index (χ3n) is 3.59. The second-order valence-corrected chi connectivity index (χ2v) is 6.62. The van der Waals surface area contributed by atoms with E-state index in [9.17, 15) is 9.90 Å². The Morgan fingerprint density at radius 3 is 3.17 bits per heavy atom. The number of carbonyl (C=O) groups excluding carboxylic acids is 1. The number of nitrogens with one attached hydrogen (secondary N) is 1. The number of amides is 1. The van der Waals surface area contributed by atoms with E-state index in [1.807, 2.05) is 5.51 Å².